The van der Waals surface area contributed by atoms with E-state index >= 15 is 0 Å². The summed E-state index contributed by atoms with van der Waals surface area (Å²) in [5.41, 5.74) is 0. The van der Waals surface area contributed by atoms with Gasteiger partial charge < -0.3 is 4.74 Å². The van der Waals surface area contributed by atoms with E-state index in [1.165, 1.54) is 6.92 Å². The van der Waals surface area contributed by atoms with Gasteiger partial charge in [0.1, 0.15) is 6.10 Å². The minimum Gasteiger partial charge on any atom is -0.461 e. The van der Waals surface area contributed by atoms with Crippen LogP contribution in [0.1, 0.15) is 19.8 Å². The van der Waals surface area contributed by atoms with Crippen LogP contribution >= 0.6 is 34.8 Å². The Morgan fingerprint density at radius 2 is 1.69 bits per heavy atom. The number of carbonyl (C=O) groups excluding carboxylic acids is 1. The first-order chi connectivity index (χ1) is 6.00. The Kier molecular flexibility index (Phi) is 4.14. The predicted molar refractivity (Wildman–Crippen MR) is 53.7 cm³/mol. The molecule has 1 aliphatic rings. The van der Waals surface area contributed by atoms with Crippen LogP contribution in [0.3, 0.4) is 0 Å². The number of halogens is 3. The van der Waals surface area contributed by atoms with E-state index in [1.54, 1.807) is 0 Å². The third-order valence-corrected chi connectivity index (χ3v) is 3.57. The first-order valence-corrected chi connectivity index (χ1v) is 5.41. The fourth-order valence-electron chi connectivity index (χ4n) is 1.37. The molecule has 1 fully saturated rings. The molecule has 0 radical (unpaired) electrons. The number of ether oxygens (including phenoxy) is 1. The zero-order chi connectivity index (χ0) is 10.0. The van der Waals surface area contributed by atoms with E-state index in [1.807, 2.05) is 0 Å². The molecule has 0 aromatic carbocycles. The SMILES string of the molecule is CC(=O)OC1CC(Cl)C(Cl)CC1Cl. The minimum atomic E-state index is -0.326. The molecule has 0 amide bonds. The topological polar surface area (TPSA) is 26.3 Å². The Balaban J connectivity index is 2.51. The van der Waals surface area contributed by atoms with Crippen molar-refractivity contribution in [2.75, 3.05) is 0 Å². The molecule has 1 aliphatic carbocycles. The summed E-state index contributed by atoms with van der Waals surface area (Å²) in [5, 5.41) is -0.515. The van der Waals surface area contributed by atoms with Crippen LogP contribution < -0.4 is 0 Å². The van der Waals surface area contributed by atoms with Crippen molar-refractivity contribution in [3.05, 3.63) is 0 Å². The van der Waals surface area contributed by atoms with Crippen molar-refractivity contribution in [2.24, 2.45) is 0 Å². The van der Waals surface area contributed by atoms with Gasteiger partial charge in [-0.2, -0.15) is 0 Å². The van der Waals surface area contributed by atoms with Crippen molar-refractivity contribution >= 4 is 40.8 Å². The normalized spacial score (nSPS) is 40.0. The van der Waals surface area contributed by atoms with Crippen molar-refractivity contribution in [1.29, 1.82) is 0 Å². The number of esters is 1. The molecule has 0 aliphatic heterocycles. The molecular weight excluding hydrogens is 234 g/mol. The lowest BCUT2D eigenvalue weighted by Crippen LogP contribution is -2.40. The average Bonchev–Trinajstić information content (AvgIpc) is 1.99. The third-order valence-electron chi connectivity index (χ3n) is 2.02. The van der Waals surface area contributed by atoms with Crippen LogP contribution in [0.4, 0.5) is 0 Å². The number of rotatable bonds is 1. The van der Waals surface area contributed by atoms with Crippen LogP contribution in [0.5, 0.6) is 0 Å². The molecule has 5 heteroatoms. The number of carbonyl (C=O) groups is 1. The maximum Gasteiger partial charge on any atom is 0.302 e. The number of alkyl halides is 3. The zero-order valence-corrected chi connectivity index (χ0v) is 9.44. The van der Waals surface area contributed by atoms with Gasteiger partial charge in [0.15, 0.2) is 0 Å². The Morgan fingerprint density at radius 1 is 1.15 bits per heavy atom. The van der Waals surface area contributed by atoms with Crippen LogP contribution in [0.2, 0.25) is 0 Å². The first-order valence-electron chi connectivity index (χ1n) is 4.10. The zero-order valence-electron chi connectivity index (χ0n) is 7.17. The van der Waals surface area contributed by atoms with Gasteiger partial charge in [-0.1, -0.05) is 0 Å². The van der Waals surface area contributed by atoms with Crippen molar-refractivity contribution in [1.82, 2.24) is 0 Å². The Labute approximate surface area is 92.5 Å². The number of hydrogen-bond donors (Lipinski definition) is 0. The van der Waals surface area contributed by atoms with Crippen LogP contribution in [0.25, 0.3) is 0 Å². The van der Waals surface area contributed by atoms with Gasteiger partial charge in [0.05, 0.1) is 16.1 Å². The lowest BCUT2D eigenvalue weighted by atomic mass is 9.96. The van der Waals surface area contributed by atoms with Gasteiger partial charge in [-0.05, 0) is 6.42 Å². The highest BCUT2D eigenvalue weighted by Crippen LogP contribution is 2.32. The summed E-state index contributed by atoms with van der Waals surface area (Å²) < 4.78 is 5.01. The van der Waals surface area contributed by atoms with Gasteiger partial charge in [0, 0.05) is 13.3 Å². The molecular formula is C8H11Cl3O2. The van der Waals surface area contributed by atoms with E-state index in [9.17, 15) is 4.79 Å². The molecule has 4 unspecified atom stereocenters. The second-order valence-electron chi connectivity index (χ2n) is 3.17. The largest absolute Gasteiger partial charge is 0.461 e. The predicted octanol–water partition coefficient (Wildman–Crippen LogP) is 2.53. The van der Waals surface area contributed by atoms with E-state index in [0.717, 1.165) is 0 Å². The van der Waals surface area contributed by atoms with Gasteiger partial charge in [-0.3, -0.25) is 4.79 Å². The highest BCUT2D eigenvalue weighted by atomic mass is 35.5. The molecule has 1 saturated carbocycles. The minimum absolute atomic E-state index is 0.129. The van der Waals surface area contributed by atoms with Crippen LogP contribution in [0, 0.1) is 0 Å². The van der Waals surface area contributed by atoms with Crippen molar-refractivity contribution in [3.8, 4) is 0 Å². The average molecular weight is 246 g/mol. The van der Waals surface area contributed by atoms with Gasteiger partial charge in [0.2, 0.25) is 0 Å². The molecule has 76 valence electrons. The van der Waals surface area contributed by atoms with Crippen LogP contribution in [-0.4, -0.2) is 28.2 Å². The van der Waals surface area contributed by atoms with E-state index in [2.05, 4.69) is 0 Å². The van der Waals surface area contributed by atoms with Crippen molar-refractivity contribution in [3.63, 3.8) is 0 Å². The molecule has 0 saturated heterocycles. The monoisotopic (exact) mass is 244 g/mol. The van der Waals surface area contributed by atoms with Crippen LogP contribution in [0.15, 0.2) is 0 Å². The summed E-state index contributed by atoms with van der Waals surface area (Å²) in [6.45, 7) is 1.36. The second kappa shape index (κ2) is 4.72. The fourth-order valence-corrected chi connectivity index (χ4v) is 2.38. The lowest BCUT2D eigenvalue weighted by Gasteiger charge is -2.32. The summed E-state index contributed by atoms with van der Waals surface area (Å²) in [6.07, 6.45) is 0.815. The highest BCUT2D eigenvalue weighted by Gasteiger charge is 2.36. The Bertz CT molecular complexity index is 198. The molecule has 0 N–H and O–H groups in total. The molecule has 0 bridgehead atoms. The first kappa shape index (κ1) is 11.4. The summed E-state index contributed by atoms with van der Waals surface area (Å²) in [5.74, 6) is -0.326. The van der Waals surface area contributed by atoms with Gasteiger partial charge >= 0.3 is 5.97 Å². The second-order valence-corrected chi connectivity index (χ2v) is 4.85. The van der Waals surface area contributed by atoms with Crippen molar-refractivity contribution in [2.45, 2.75) is 42.0 Å². The van der Waals surface area contributed by atoms with Gasteiger partial charge in [-0.25, -0.2) is 0 Å². The fraction of sp³-hybridized carbons (Fsp3) is 0.875. The Morgan fingerprint density at radius 3 is 2.23 bits per heavy atom. The maximum absolute atomic E-state index is 10.7. The molecule has 13 heavy (non-hydrogen) atoms. The summed E-state index contributed by atoms with van der Waals surface area (Å²) in [6, 6.07) is 0. The molecule has 0 heterocycles. The molecule has 1 rings (SSSR count). The van der Waals surface area contributed by atoms with Gasteiger partial charge in [-0.15, -0.1) is 34.8 Å². The Hall–Kier alpha value is 0.340. The summed E-state index contributed by atoms with van der Waals surface area (Å²) in [4.78, 5) is 10.7. The van der Waals surface area contributed by atoms with E-state index in [0.29, 0.717) is 12.8 Å². The molecule has 0 aromatic heterocycles. The van der Waals surface area contributed by atoms with E-state index < -0.39 is 0 Å². The van der Waals surface area contributed by atoms with Crippen molar-refractivity contribution < 1.29 is 9.53 Å². The maximum atomic E-state index is 10.7. The summed E-state index contributed by atoms with van der Waals surface area (Å²) >= 11 is 17.8. The molecule has 2 nitrogen and oxygen atoms in total. The summed E-state index contributed by atoms with van der Waals surface area (Å²) in [7, 11) is 0. The lowest BCUT2D eigenvalue weighted by molar-refractivity contribution is -0.147. The third kappa shape index (κ3) is 3.19. The molecule has 4 atom stereocenters. The standard InChI is InChI=1S/C8H11Cl3O2/c1-4(12)13-8-3-6(10)5(9)2-7(8)11/h5-8H,2-3H2,1H3. The quantitative estimate of drug-likeness (QED) is 0.524. The highest BCUT2D eigenvalue weighted by molar-refractivity contribution is 6.31. The van der Waals surface area contributed by atoms with Gasteiger partial charge in [0.25, 0.3) is 0 Å². The van der Waals surface area contributed by atoms with E-state index in [-0.39, 0.29) is 28.2 Å². The number of hydrogen-bond acceptors (Lipinski definition) is 2. The molecule has 0 aromatic rings. The van der Waals surface area contributed by atoms with Crippen LogP contribution in [-0.2, 0) is 9.53 Å². The smallest absolute Gasteiger partial charge is 0.302 e. The van der Waals surface area contributed by atoms with E-state index in [4.69, 9.17) is 39.5 Å². The molecule has 0 spiro atoms.